The van der Waals surface area contributed by atoms with E-state index in [1.54, 1.807) is 51.7 Å². The third-order valence-electron chi connectivity index (χ3n) is 6.71. The second-order valence-electron chi connectivity index (χ2n) is 11.5. The van der Waals surface area contributed by atoms with E-state index in [-0.39, 0.29) is 82.7 Å². The second kappa shape index (κ2) is 17.1. The quantitative estimate of drug-likeness (QED) is 0.244. The van der Waals surface area contributed by atoms with E-state index in [0.29, 0.717) is 11.4 Å². The molecule has 1 aromatic heterocycles. The highest BCUT2D eigenvalue weighted by Crippen LogP contribution is 2.19. The summed E-state index contributed by atoms with van der Waals surface area (Å²) in [7, 11) is 0. The normalized spacial score (nSPS) is 13.8. The van der Waals surface area contributed by atoms with E-state index in [0.717, 1.165) is 0 Å². The first-order chi connectivity index (χ1) is 21.9. The minimum absolute atomic E-state index is 0.0150. The van der Waals surface area contributed by atoms with E-state index >= 15 is 0 Å². The van der Waals surface area contributed by atoms with Crippen LogP contribution in [0.25, 0.3) is 11.4 Å². The van der Waals surface area contributed by atoms with Crippen molar-refractivity contribution in [3.63, 3.8) is 0 Å². The van der Waals surface area contributed by atoms with Crippen LogP contribution in [0.4, 0.5) is 10.6 Å². The smallest absolute Gasteiger partial charge is 0.409 e. The summed E-state index contributed by atoms with van der Waals surface area (Å²) in [4.78, 5) is 75.9. The van der Waals surface area contributed by atoms with Gasteiger partial charge in [-0.2, -0.15) is 0 Å². The monoisotopic (exact) mass is 640 g/mol. The Morgan fingerprint density at radius 3 is 2.15 bits per heavy atom. The van der Waals surface area contributed by atoms with Crippen molar-refractivity contribution in [1.82, 2.24) is 25.1 Å². The Balaban J connectivity index is 1.82. The maximum absolute atomic E-state index is 13.7. The molecule has 1 unspecified atom stereocenters. The minimum atomic E-state index is -1.08. The van der Waals surface area contributed by atoms with Gasteiger partial charge >= 0.3 is 18.0 Å². The van der Waals surface area contributed by atoms with E-state index in [2.05, 4.69) is 20.6 Å². The molecule has 1 saturated heterocycles. The van der Waals surface area contributed by atoms with Gasteiger partial charge in [0.05, 0.1) is 19.6 Å². The molecule has 250 valence electrons. The lowest BCUT2D eigenvalue weighted by Gasteiger charge is -2.36. The fraction of sp³-hybridized carbons (Fsp3) is 0.531. The van der Waals surface area contributed by atoms with Crippen LogP contribution in [0.5, 0.6) is 0 Å². The Morgan fingerprint density at radius 1 is 0.870 bits per heavy atom. The van der Waals surface area contributed by atoms with Gasteiger partial charge < -0.3 is 34.6 Å². The molecule has 0 saturated carbocycles. The molecule has 1 atom stereocenters. The number of nitrogens with one attached hydrogen (secondary N) is 2. The fourth-order valence-electron chi connectivity index (χ4n) is 4.59. The molecular weight excluding hydrogens is 596 g/mol. The number of rotatable bonds is 13. The maximum atomic E-state index is 13.7. The first kappa shape index (κ1) is 35.7. The van der Waals surface area contributed by atoms with Crippen LogP contribution in [0, 0.1) is 0 Å². The van der Waals surface area contributed by atoms with Crippen LogP contribution in [0.2, 0.25) is 0 Å². The number of carbonyl (C=O) groups is 5. The second-order valence-corrected chi connectivity index (χ2v) is 11.5. The zero-order chi connectivity index (χ0) is 33.7. The van der Waals surface area contributed by atoms with Gasteiger partial charge in [0.25, 0.3) is 5.91 Å². The molecule has 2 N–H and O–H groups in total. The molecule has 2 aromatic rings. The summed E-state index contributed by atoms with van der Waals surface area (Å²) in [5.74, 6) is -1.37. The van der Waals surface area contributed by atoms with E-state index in [1.165, 1.54) is 11.0 Å². The predicted octanol–water partition coefficient (Wildman–Crippen LogP) is 3.03. The highest BCUT2D eigenvalue weighted by Gasteiger charge is 2.32. The van der Waals surface area contributed by atoms with Crippen molar-refractivity contribution in [2.24, 2.45) is 0 Å². The molecule has 14 nitrogen and oxygen atoms in total. The summed E-state index contributed by atoms with van der Waals surface area (Å²) in [6.07, 6.45) is -0.492. The van der Waals surface area contributed by atoms with Gasteiger partial charge in [0.15, 0.2) is 5.82 Å². The standard InChI is InChI=1S/C32H44N6O8/c1-6-44-26(39)15-16-33-25-21-24(34-28(36-25)22-11-9-8-10-12-22)29(41)35-23(13-14-27(40)46-32(3,4)5)30(42)37-17-19-38(20-18-37)31(43)45-7-2/h8-12,21,23H,6-7,13-20H2,1-5H3,(H,35,41)(H,33,34,36). The minimum Gasteiger partial charge on any atom is -0.466 e. The van der Waals surface area contributed by atoms with Crippen molar-refractivity contribution in [1.29, 1.82) is 0 Å². The first-order valence-electron chi connectivity index (χ1n) is 15.5. The van der Waals surface area contributed by atoms with Crippen molar-refractivity contribution >= 4 is 35.7 Å². The number of esters is 2. The number of ether oxygens (including phenoxy) is 3. The number of hydrogen-bond donors (Lipinski definition) is 2. The number of aromatic nitrogens is 2. The predicted molar refractivity (Wildman–Crippen MR) is 169 cm³/mol. The van der Waals surface area contributed by atoms with Crippen LogP contribution in [-0.4, -0.2) is 107 Å². The molecular formula is C32H44N6O8. The van der Waals surface area contributed by atoms with Crippen molar-refractivity contribution in [2.75, 3.05) is 51.3 Å². The Labute approximate surface area is 269 Å². The largest absolute Gasteiger partial charge is 0.466 e. The van der Waals surface area contributed by atoms with Crippen LogP contribution < -0.4 is 10.6 Å². The summed E-state index contributed by atoms with van der Waals surface area (Å²) in [6.45, 7) is 10.4. The van der Waals surface area contributed by atoms with E-state index in [1.807, 2.05) is 18.2 Å². The molecule has 0 bridgehead atoms. The maximum Gasteiger partial charge on any atom is 0.409 e. The van der Waals surface area contributed by atoms with Crippen molar-refractivity contribution in [3.8, 4) is 11.4 Å². The SMILES string of the molecule is CCOC(=O)CCNc1cc(C(=O)NC(CCC(=O)OC(C)(C)C)C(=O)N2CCN(C(=O)OCC)CC2)nc(-c2ccccc2)n1. The summed E-state index contributed by atoms with van der Waals surface area (Å²) >= 11 is 0. The van der Waals surface area contributed by atoms with E-state index < -0.39 is 35.5 Å². The fourth-order valence-corrected chi connectivity index (χ4v) is 4.59. The molecule has 1 aliphatic rings. The van der Waals surface area contributed by atoms with Crippen molar-refractivity contribution < 1.29 is 38.2 Å². The summed E-state index contributed by atoms with van der Waals surface area (Å²) in [5.41, 5.74) is -0.0772. The first-order valence-corrected chi connectivity index (χ1v) is 15.5. The Kier molecular flexibility index (Phi) is 13.3. The Hall–Kier alpha value is -4.75. The van der Waals surface area contributed by atoms with Crippen molar-refractivity contribution in [2.45, 2.75) is 65.5 Å². The topological polar surface area (TPSA) is 169 Å². The molecule has 3 rings (SSSR count). The van der Waals surface area contributed by atoms with Gasteiger partial charge in [-0.1, -0.05) is 30.3 Å². The lowest BCUT2D eigenvalue weighted by Crippen LogP contribution is -2.56. The molecule has 14 heteroatoms. The van der Waals surface area contributed by atoms with E-state index in [4.69, 9.17) is 14.2 Å². The number of carbonyl (C=O) groups excluding carboxylic acids is 5. The van der Waals surface area contributed by atoms with Crippen LogP contribution in [0.15, 0.2) is 36.4 Å². The van der Waals surface area contributed by atoms with Gasteiger partial charge in [0, 0.05) is 50.8 Å². The highest BCUT2D eigenvalue weighted by molar-refractivity contribution is 5.97. The van der Waals surface area contributed by atoms with Crippen molar-refractivity contribution in [3.05, 3.63) is 42.1 Å². The lowest BCUT2D eigenvalue weighted by atomic mass is 10.1. The Bertz CT molecular complexity index is 1360. The van der Waals surface area contributed by atoms with Gasteiger partial charge in [-0.25, -0.2) is 14.8 Å². The average Bonchev–Trinajstić information content (AvgIpc) is 3.02. The molecule has 0 radical (unpaired) electrons. The molecule has 3 amide bonds. The van der Waals surface area contributed by atoms with Gasteiger partial charge in [-0.15, -0.1) is 0 Å². The van der Waals surface area contributed by atoms with Gasteiger partial charge in [0.2, 0.25) is 5.91 Å². The number of benzene rings is 1. The number of anilines is 1. The van der Waals surface area contributed by atoms with Crippen LogP contribution >= 0.6 is 0 Å². The zero-order valence-electron chi connectivity index (χ0n) is 27.2. The van der Waals surface area contributed by atoms with E-state index in [9.17, 15) is 24.0 Å². The molecule has 46 heavy (non-hydrogen) atoms. The summed E-state index contributed by atoms with van der Waals surface area (Å²) in [5, 5.41) is 5.80. The molecule has 1 aromatic carbocycles. The third kappa shape index (κ3) is 11.3. The van der Waals surface area contributed by atoms with Gasteiger partial charge in [-0.3, -0.25) is 19.2 Å². The average molecular weight is 641 g/mol. The molecule has 2 heterocycles. The zero-order valence-corrected chi connectivity index (χ0v) is 27.2. The number of hydrogen-bond acceptors (Lipinski definition) is 11. The molecule has 1 aliphatic heterocycles. The van der Waals surface area contributed by atoms with Crippen LogP contribution in [-0.2, 0) is 28.6 Å². The highest BCUT2D eigenvalue weighted by atomic mass is 16.6. The number of amides is 3. The summed E-state index contributed by atoms with van der Waals surface area (Å²) < 4.78 is 15.5. The number of piperazine rings is 1. The van der Waals surface area contributed by atoms with Gasteiger partial charge in [0.1, 0.15) is 23.2 Å². The van der Waals surface area contributed by atoms with Crippen LogP contribution in [0.3, 0.4) is 0 Å². The molecule has 0 aliphatic carbocycles. The third-order valence-corrected chi connectivity index (χ3v) is 6.71. The van der Waals surface area contributed by atoms with Gasteiger partial charge in [-0.05, 0) is 41.0 Å². The van der Waals surface area contributed by atoms with Crippen LogP contribution in [0.1, 0.15) is 64.4 Å². The molecule has 1 fully saturated rings. The Morgan fingerprint density at radius 2 is 1.52 bits per heavy atom. The summed E-state index contributed by atoms with van der Waals surface area (Å²) in [6, 6.07) is 9.40. The lowest BCUT2D eigenvalue weighted by molar-refractivity contribution is -0.155. The number of nitrogens with zero attached hydrogens (tertiary/aromatic N) is 4. The molecule has 0 spiro atoms.